The van der Waals surface area contributed by atoms with Crippen molar-refractivity contribution in [3.8, 4) is 28.1 Å². The summed E-state index contributed by atoms with van der Waals surface area (Å²) in [5.41, 5.74) is 11.9. The lowest BCUT2D eigenvalue weighted by molar-refractivity contribution is -0.0374. The highest BCUT2D eigenvalue weighted by molar-refractivity contribution is 5.97. The molecule has 40 heavy (non-hydrogen) atoms. The Hall–Kier alpha value is -3.72. The number of carbonyl (C=O) groups is 2. The van der Waals surface area contributed by atoms with Crippen molar-refractivity contribution in [2.24, 2.45) is 5.73 Å². The van der Waals surface area contributed by atoms with E-state index in [9.17, 15) is 9.59 Å². The molecule has 2 fully saturated rings. The van der Waals surface area contributed by atoms with E-state index >= 15 is 0 Å². The molecule has 1 aromatic carbocycles. The van der Waals surface area contributed by atoms with E-state index in [4.69, 9.17) is 20.3 Å². The number of hydrogen-bond acceptors (Lipinski definition) is 6. The van der Waals surface area contributed by atoms with Gasteiger partial charge in [0.15, 0.2) is 5.69 Å². The van der Waals surface area contributed by atoms with Crippen LogP contribution < -0.4 is 10.5 Å². The zero-order chi connectivity index (χ0) is 28.0. The minimum Gasteiger partial charge on any atom is -0.496 e. The van der Waals surface area contributed by atoms with Crippen molar-refractivity contribution in [1.82, 2.24) is 19.7 Å². The van der Waals surface area contributed by atoms with Gasteiger partial charge in [-0.15, -0.1) is 0 Å². The molecule has 0 atom stereocenters. The number of aryl methyl sites for hydroxylation is 1. The maximum atomic E-state index is 14.1. The number of benzene rings is 1. The predicted molar refractivity (Wildman–Crippen MR) is 151 cm³/mol. The van der Waals surface area contributed by atoms with Crippen LogP contribution in [-0.4, -0.2) is 63.9 Å². The summed E-state index contributed by atoms with van der Waals surface area (Å²) in [7, 11) is 1.65. The van der Waals surface area contributed by atoms with Gasteiger partial charge in [-0.05, 0) is 63.3 Å². The van der Waals surface area contributed by atoms with E-state index in [-0.39, 0.29) is 11.9 Å². The van der Waals surface area contributed by atoms with Gasteiger partial charge in [0.2, 0.25) is 5.91 Å². The molecule has 210 valence electrons. The number of fused-ring (bicyclic) bond motifs is 3. The molecule has 9 nitrogen and oxygen atoms in total. The quantitative estimate of drug-likeness (QED) is 0.504. The molecule has 1 saturated heterocycles. The first-order chi connectivity index (χ1) is 19.3. The lowest BCUT2D eigenvalue weighted by Crippen LogP contribution is -2.55. The van der Waals surface area contributed by atoms with E-state index < -0.39 is 11.4 Å². The number of carbonyl (C=O) groups excluding carboxylic acids is 2. The first-order valence-corrected chi connectivity index (χ1v) is 14.3. The van der Waals surface area contributed by atoms with Gasteiger partial charge in [-0.25, -0.2) is 0 Å². The van der Waals surface area contributed by atoms with Crippen LogP contribution in [0.25, 0.3) is 22.4 Å². The van der Waals surface area contributed by atoms with Gasteiger partial charge in [0.05, 0.1) is 43.2 Å². The molecular weight excluding hydrogens is 506 g/mol. The Morgan fingerprint density at radius 3 is 2.60 bits per heavy atom. The molecule has 0 spiro atoms. The number of rotatable bonds is 5. The van der Waals surface area contributed by atoms with E-state index in [1.54, 1.807) is 19.4 Å². The van der Waals surface area contributed by atoms with Crippen molar-refractivity contribution in [2.45, 2.75) is 70.4 Å². The van der Waals surface area contributed by atoms with E-state index in [0.29, 0.717) is 36.8 Å². The molecule has 2 N–H and O–H groups in total. The smallest absolute Gasteiger partial charge is 0.275 e. The van der Waals surface area contributed by atoms with Gasteiger partial charge in [0, 0.05) is 41.2 Å². The zero-order valence-corrected chi connectivity index (χ0v) is 23.5. The van der Waals surface area contributed by atoms with Crippen molar-refractivity contribution in [2.75, 3.05) is 26.9 Å². The molecule has 2 aromatic heterocycles. The lowest BCUT2D eigenvalue weighted by Gasteiger charge is -2.41. The number of nitrogens with zero attached hydrogens (tertiary/aromatic N) is 4. The van der Waals surface area contributed by atoms with E-state index in [0.717, 1.165) is 72.0 Å². The van der Waals surface area contributed by atoms with Gasteiger partial charge < -0.3 is 20.1 Å². The summed E-state index contributed by atoms with van der Waals surface area (Å²) >= 11 is 0. The minimum atomic E-state index is -0.530. The van der Waals surface area contributed by atoms with Crippen molar-refractivity contribution in [3.05, 3.63) is 53.0 Å². The van der Waals surface area contributed by atoms with Crippen molar-refractivity contribution in [1.29, 1.82) is 0 Å². The van der Waals surface area contributed by atoms with Crippen LogP contribution >= 0.6 is 0 Å². The first kappa shape index (κ1) is 26.5. The number of pyridine rings is 1. The fourth-order valence-electron chi connectivity index (χ4n) is 6.54. The van der Waals surface area contributed by atoms with Crippen LogP contribution in [0.1, 0.15) is 84.0 Å². The average Bonchev–Trinajstić information content (AvgIpc) is 3.36. The molecule has 2 aliphatic carbocycles. The standard InChI is InChI=1S/C31H37N5O4/c1-31(2)18-40-12-11-35(31)30(38)27-23-10-9-19-14-26(39-3)24(20-13-21(29(32)37)17-33-16-20)15-25(19)28(23)36(34-27)22-7-5-4-6-8-22/h13-17,22H,4-12,18H2,1-3H3,(H2,32,37). The third kappa shape index (κ3) is 4.56. The Kier molecular flexibility index (Phi) is 6.86. The third-order valence-electron chi connectivity index (χ3n) is 8.68. The molecule has 2 amide bonds. The number of primary amides is 1. The second kappa shape index (κ2) is 10.4. The van der Waals surface area contributed by atoms with Crippen LogP contribution in [0.3, 0.4) is 0 Å². The van der Waals surface area contributed by atoms with Crippen LogP contribution in [-0.2, 0) is 17.6 Å². The van der Waals surface area contributed by atoms with Gasteiger partial charge in [-0.2, -0.15) is 5.10 Å². The van der Waals surface area contributed by atoms with Crippen LogP contribution in [0.15, 0.2) is 30.6 Å². The summed E-state index contributed by atoms with van der Waals surface area (Å²) in [4.78, 5) is 32.2. The first-order valence-electron chi connectivity index (χ1n) is 14.3. The molecule has 1 aliphatic heterocycles. The summed E-state index contributed by atoms with van der Waals surface area (Å²) in [6.45, 7) is 5.70. The van der Waals surface area contributed by atoms with Crippen molar-refractivity contribution in [3.63, 3.8) is 0 Å². The summed E-state index contributed by atoms with van der Waals surface area (Å²) in [6, 6.07) is 6.19. The second-order valence-electron chi connectivity index (χ2n) is 11.8. The van der Waals surface area contributed by atoms with E-state index in [2.05, 4.69) is 35.6 Å². The molecule has 9 heteroatoms. The topological polar surface area (TPSA) is 113 Å². The highest BCUT2D eigenvalue weighted by Crippen LogP contribution is 2.44. The summed E-state index contributed by atoms with van der Waals surface area (Å²) < 4.78 is 13.7. The maximum Gasteiger partial charge on any atom is 0.275 e. The Balaban J connectivity index is 1.52. The number of morpholine rings is 1. The molecule has 0 unspecified atom stereocenters. The summed E-state index contributed by atoms with van der Waals surface area (Å²) in [5.74, 6) is 0.161. The van der Waals surface area contributed by atoms with Crippen LogP contribution in [0, 0.1) is 0 Å². The van der Waals surface area contributed by atoms with E-state index in [1.807, 2.05) is 4.90 Å². The number of hydrogen-bond donors (Lipinski definition) is 1. The highest BCUT2D eigenvalue weighted by Gasteiger charge is 2.39. The SMILES string of the molecule is COc1cc2c(cc1-c1cncc(C(N)=O)c1)-c1c(c(C(=O)N3CCOCC3(C)C)nn1C1CCCCC1)CC2. The zero-order valence-electron chi connectivity index (χ0n) is 23.5. The number of aromatic nitrogens is 3. The fraction of sp³-hybridized carbons (Fsp3) is 0.484. The molecule has 3 heterocycles. The molecule has 3 aromatic rings. The number of ether oxygens (including phenoxy) is 2. The van der Waals surface area contributed by atoms with Crippen LogP contribution in [0.4, 0.5) is 0 Å². The van der Waals surface area contributed by atoms with Crippen molar-refractivity contribution < 1.29 is 19.1 Å². The predicted octanol–water partition coefficient (Wildman–Crippen LogP) is 4.57. The van der Waals surface area contributed by atoms with Gasteiger partial charge >= 0.3 is 0 Å². The molecule has 1 saturated carbocycles. The normalized spacial score (nSPS) is 18.6. The number of nitrogens with two attached hydrogens (primary N) is 1. The molecule has 6 rings (SSSR count). The molecule has 0 radical (unpaired) electrons. The largest absolute Gasteiger partial charge is 0.496 e. The Morgan fingerprint density at radius 1 is 1.07 bits per heavy atom. The Labute approximate surface area is 234 Å². The fourth-order valence-corrected chi connectivity index (χ4v) is 6.54. The lowest BCUT2D eigenvalue weighted by atomic mass is 9.85. The monoisotopic (exact) mass is 543 g/mol. The maximum absolute atomic E-state index is 14.1. The molecule has 0 bridgehead atoms. The number of methoxy groups -OCH3 is 1. The van der Waals surface area contributed by atoms with Gasteiger partial charge in [0.25, 0.3) is 5.91 Å². The average molecular weight is 544 g/mol. The Bertz CT molecular complexity index is 1470. The van der Waals surface area contributed by atoms with Crippen molar-refractivity contribution >= 4 is 11.8 Å². The summed E-state index contributed by atoms with van der Waals surface area (Å²) in [5, 5.41) is 5.12. The van der Waals surface area contributed by atoms with Gasteiger partial charge in [-0.3, -0.25) is 19.3 Å². The highest BCUT2D eigenvalue weighted by atomic mass is 16.5. The van der Waals surface area contributed by atoms with Crippen LogP contribution in [0.2, 0.25) is 0 Å². The van der Waals surface area contributed by atoms with Gasteiger partial charge in [0.1, 0.15) is 5.75 Å². The number of amides is 2. The summed E-state index contributed by atoms with van der Waals surface area (Å²) in [6.07, 6.45) is 10.4. The van der Waals surface area contributed by atoms with E-state index in [1.165, 1.54) is 12.6 Å². The molecule has 3 aliphatic rings. The van der Waals surface area contributed by atoms with Crippen LogP contribution in [0.5, 0.6) is 5.75 Å². The molecular formula is C31H37N5O4. The van der Waals surface area contributed by atoms with Gasteiger partial charge in [-0.1, -0.05) is 19.3 Å². The Morgan fingerprint density at radius 2 is 1.88 bits per heavy atom. The third-order valence-corrected chi connectivity index (χ3v) is 8.68. The minimum absolute atomic E-state index is 0.0188. The second-order valence-corrected chi connectivity index (χ2v) is 11.8.